The molecule has 2 heterocycles. The predicted molar refractivity (Wildman–Crippen MR) is 86.1 cm³/mol. The van der Waals surface area contributed by atoms with Crippen LogP contribution in [0.2, 0.25) is 0 Å². The van der Waals surface area contributed by atoms with Crippen molar-refractivity contribution in [3.63, 3.8) is 0 Å². The molecule has 130 valence electrons. The number of fused-ring (bicyclic) bond motifs is 1. The monoisotopic (exact) mass is 334 g/mol. The van der Waals surface area contributed by atoms with Crippen LogP contribution >= 0.6 is 0 Å². The molecule has 0 saturated carbocycles. The summed E-state index contributed by atoms with van der Waals surface area (Å²) in [5, 5.41) is 0. The molecule has 2 amide bonds. The van der Waals surface area contributed by atoms with Crippen molar-refractivity contribution in [1.82, 2.24) is 9.80 Å². The third kappa shape index (κ3) is 3.72. The van der Waals surface area contributed by atoms with Crippen LogP contribution in [0.3, 0.4) is 0 Å². The average Bonchev–Trinajstić information content (AvgIpc) is 3.07. The van der Waals surface area contributed by atoms with Gasteiger partial charge in [0.1, 0.15) is 0 Å². The fourth-order valence-electron chi connectivity index (χ4n) is 2.86. The Kier molecular flexibility index (Phi) is 5.08. The Labute approximate surface area is 141 Å². The maximum atomic E-state index is 12.3. The van der Waals surface area contributed by atoms with Gasteiger partial charge in [-0.1, -0.05) is 6.07 Å². The first-order chi connectivity index (χ1) is 11.7. The van der Waals surface area contributed by atoms with E-state index in [-0.39, 0.29) is 18.8 Å². The molecular formula is C17H22N2O5. The molecule has 2 aliphatic rings. The Bertz CT molecular complexity index is 611. The van der Waals surface area contributed by atoms with Gasteiger partial charge in [0, 0.05) is 32.6 Å². The highest BCUT2D eigenvalue weighted by molar-refractivity contribution is 5.77. The van der Waals surface area contributed by atoms with Crippen molar-refractivity contribution >= 4 is 12.0 Å². The maximum Gasteiger partial charge on any atom is 0.409 e. The van der Waals surface area contributed by atoms with Gasteiger partial charge in [0.25, 0.3) is 0 Å². The van der Waals surface area contributed by atoms with E-state index in [2.05, 4.69) is 0 Å². The van der Waals surface area contributed by atoms with Crippen molar-refractivity contribution in [2.45, 2.75) is 19.8 Å². The van der Waals surface area contributed by atoms with Gasteiger partial charge in [-0.05, 0) is 31.0 Å². The zero-order chi connectivity index (χ0) is 16.9. The Hall–Kier alpha value is -2.44. The van der Waals surface area contributed by atoms with Crippen molar-refractivity contribution in [1.29, 1.82) is 0 Å². The van der Waals surface area contributed by atoms with Gasteiger partial charge in [0.2, 0.25) is 12.7 Å². The van der Waals surface area contributed by atoms with Crippen LogP contribution < -0.4 is 9.47 Å². The number of carbonyl (C=O) groups excluding carboxylic acids is 2. The van der Waals surface area contributed by atoms with Gasteiger partial charge in [-0.25, -0.2) is 4.79 Å². The molecule has 0 aliphatic carbocycles. The summed E-state index contributed by atoms with van der Waals surface area (Å²) in [7, 11) is 0. The molecule has 1 saturated heterocycles. The first kappa shape index (κ1) is 16.4. The van der Waals surface area contributed by atoms with Crippen LogP contribution in [0.25, 0.3) is 0 Å². The zero-order valence-electron chi connectivity index (χ0n) is 13.8. The van der Waals surface area contributed by atoms with Gasteiger partial charge >= 0.3 is 6.09 Å². The normalized spacial score (nSPS) is 16.2. The first-order valence-electron chi connectivity index (χ1n) is 8.25. The number of hydrogen-bond acceptors (Lipinski definition) is 5. The van der Waals surface area contributed by atoms with E-state index in [4.69, 9.17) is 14.2 Å². The number of ether oxygens (including phenoxy) is 3. The number of amides is 2. The summed E-state index contributed by atoms with van der Waals surface area (Å²) in [5.41, 5.74) is 1.05. The third-order valence-electron chi connectivity index (χ3n) is 4.22. The minimum absolute atomic E-state index is 0.108. The lowest BCUT2D eigenvalue weighted by Gasteiger charge is -2.34. The van der Waals surface area contributed by atoms with Gasteiger partial charge < -0.3 is 24.0 Å². The highest BCUT2D eigenvalue weighted by atomic mass is 16.7. The van der Waals surface area contributed by atoms with Crippen LogP contribution in [0.15, 0.2) is 18.2 Å². The predicted octanol–water partition coefficient (Wildman–Crippen LogP) is 1.65. The van der Waals surface area contributed by atoms with E-state index in [9.17, 15) is 9.59 Å². The zero-order valence-corrected chi connectivity index (χ0v) is 13.8. The van der Waals surface area contributed by atoms with E-state index >= 15 is 0 Å². The summed E-state index contributed by atoms with van der Waals surface area (Å²) in [6.45, 7) is 4.56. The van der Waals surface area contributed by atoms with Crippen molar-refractivity contribution < 1.29 is 23.8 Å². The van der Waals surface area contributed by atoms with Crippen LogP contribution in [-0.4, -0.2) is 61.4 Å². The molecule has 24 heavy (non-hydrogen) atoms. The van der Waals surface area contributed by atoms with E-state index in [1.165, 1.54) is 0 Å². The van der Waals surface area contributed by atoms with Gasteiger partial charge in [-0.3, -0.25) is 4.79 Å². The molecule has 1 aromatic carbocycles. The van der Waals surface area contributed by atoms with Gasteiger partial charge in [0.05, 0.1) is 6.61 Å². The molecule has 0 unspecified atom stereocenters. The lowest BCUT2D eigenvalue weighted by atomic mass is 10.1. The smallest absolute Gasteiger partial charge is 0.409 e. The summed E-state index contributed by atoms with van der Waals surface area (Å²) in [6, 6.07) is 5.76. The van der Waals surface area contributed by atoms with Crippen molar-refractivity contribution in [3.8, 4) is 11.5 Å². The molecule has 0 spiro atoms. The van der Waals surface area contributed by atoms with E-state index in [0.29, 0.717) is 45.6 Å². The minimum atomic E-state index is -0.301. The number of carbonyl (C=O) groups is 2. The van der Waals surface area contributed by atoms with Crippen LogP contribution in [0, 0.1) is 0 Å². The average molecular weight is 334 g/mol. The van der Waals surface area contributed by atoms with E-state index in [1.54, 1.807) is 11.8 Å². The summed E-state index contributed by atoms with van der Waals surface area (Å²) < 4.78 is 15.6. The van der Waals surface area contributed by atoms with Gasteiger partial charge in [-0.2, -0.15) is 0 Å². The molecule has 0 radical (unpaired) electrons. The van der Waals surface area contributed by atoms with Crippen molar-refractivity contribution in [2.75, 3.05) is 39.6 Å². The van der Waals surface area contributed by atoms with E-state index in [1.807, 2.05) is 23.1 Å². The quantitative estimate of drug-likeness (QED) is 0.837. The number of hydrogen-bond donors (Lipinski definition) is 0. The summed E-state index contributed by atoms with van der Waals surface area (Å²) in [4.78, 5) is 27.5. The lowest BCUT2D eigenvalue weighted by molar-refractivity contribution is -0.132. The fraction of sp³-hybridized carbons (Fsp3) is 0.529. The number of benzene rings is 1. The molecule has 1 fully saturated rings. The number of nitrogens with zero attached hydrogens (tertiary/aromatic N) is 2. The Morgan fingerprint density at radius 1 is 1.08 bits per heavy atom. The second kappa shape index (κ2) is 7.42. The number of rotatable bonds is 4. The highest BCUT2D eigenvalue weighted by Crippen LogP contribution is 2.32. The van der Waals surface area contributed by atoms with Crippen LogP contribution in [-0.2, 0) is 16.0 Å². The Balaban J connectivity index is 1.45. The summed E-state index contributed by atoms with van der Waals surface area (Å²) in [6.07, 6.45) is 0.803. The third-order valence-corrected chi connectivity index (χ3v) is 4.22. The first-order valence-corrected chi connectivity index (χ1v) is 8.25. The molecule has 7 heteroatoms. The molecule has 2 aliphatic heterocycles. The molecule has 1 aromatic rings. The molecule has 7 nitrogen and oxygen atoms in total. The molecule has 0 atom stereocenters. The topological polar surface area (TPSA) is 68.3 Å². The SMILES string of the molecule is CCOC(=O)N1CCN(C(=O)CCc2ccc3c(c2)OCO3)CC1. The summed E-state index contributed by atoms with van der Waals surface area (Å²) >= 11 is 0. The van der Waals surface area contributed by atoms with Gasteiger partial charge in [-0.15, -0.1) is 0 Å². The van der Waals surface area contributed by atoms with Crippen molar-refractivity contribution in [3.05, 3.63) is 23.8 Å². The van der Waals surface area contributed by atoms with Crippen LogP contribution in [0.5, 0.6) is 11.5 Å². The molecule has 0 N–H and O–H groups in total. The van der Waals surface area contributed by atoms with Crippen LogP contribution in [0.4, 0.5) is 4.79 Å². The Morgan fingerprint density at radius 2 is 1.79 bits per heavy atom. The number of aryl methyl sites for hydroxylation is 1. The molecule has 3 rings (SSSR count). The maximum absolute atomic E-state index is 12.3. The standard InChI is InChI=1S/C17H22N2O5/c1-2-22-17(21)19-9-7-18(8-10-19)16(20)6-4-13-3-5-14-15(11-13)24-12-23-14/h3,5,11H,2,4,6-10,12H2,1H3. The lowest BCUT2D eigenvalue weighted by Crippen LogP contribution is -2.50. The second-order valence-corrected chi connectivity index (χ2v) is 5.75. The Morgan fingerprint density at radius 3 is 2.54 bits per heavy atom. The van der Waals surface area contributed by atoms with Gasteiger partial charge in [0.15, 0.2) is 11.5 Å². The van der Waals surface area contributed by atoms with E-state index < -0.39 is 0 Å². The van der Waals surface area contributed by atoms with E-state index in [0.717, 1.165) is 17.1 Å². The highest BCUT2D eigenvalue weighted by Gasteiger charge is 2.24. The summed E-state index contributed by atoms with van der Waals surface area (Å²) in [5.74, 6) is 1.60. The largest absolute Gasteiger partial charge is 0.454 e. The minimum Gasteiger partial charge on any atom is -0.454 e. The molecule has 0 aromatic heterocycles. The molecular weight excluding hydrogens is 312 g/mol. The van der Waals surface area contributed by atoms with Crippen molar-refractivity contribution in [2.24, 2.45) is 0 Å². The van der Waals surface area contributed by atoms with Crippen LogP contribution in [0.1, 0.15) is 18.9 Å². The molecule has 0 bridgehead atoms. The fourth-order valence-corrected chi connectivity index (χ4v) is 2.86. The number of piperazine rings is 1. The second-order valence-electron chi connectivity index (χ2n) is 5.75.